The molecule has 0 saturated carbocycles. The quantitative estimate of drug-likeness (QED) is 0.720. The molecule has 1 aromatic rings. The molecule has 0 unspecified atom stereocenters. The molecule has 132 valence electrons. The van der Waals surface area contributed by atoms with Crippen molar-refractivity contribution in [2.75, 3.05) is 32.7 Å². The zero-order chi connectivity index (χ0) is 17.5. The number of amidine groups is 1. The molecule has 0 fully saturated rings. The van der Waals surface area contributed by atoms with E-state index in [1.165, 1.54) is 12.7 Å². The first-order valence-corrected chi connectivity index (χ1v) is 9.36. The van der Waals surface area contributed by atoms with Gasteiger partial charge in [0.25, 0.3) is 0 Å². The van der Waals surface area contributed by atoms with Crippen molar-refractivity contribution in [1.29, 1.82) is 0 Å². The summed E-state index contributed by atoms with van der Waals surface area (Å²) in [4.78, 5) is 20.7. The molecule has 1 heterocycles. The van der Waals surface area contributed by atoms with Gasteiger partial charge in [-0.15, -0.1) is 0 Å². The standard InChI is InChI=1S/C17H24ClN3O2S/c1-4-24-17-19-11-20(9-13(2)16(22)23-3)12-21(17)10-14-5-7-15(18)8-6-14/h5-8,13H,4,9-12H2,1-3H3/t13-/m0/s1. The van der Waals surface area contributed by atoms with Crippen molar-refractivity contribution in [3.05, 3.63) is 34.9 Å². The normalized spacial score (nSPS) is 16.7. The molecule has 0 aliphatic carbocycles. The van der Waals surface area contributed by atoms with E-state index >= 15 is 0 Å². The Morgan fingerprint density at radius 1 is 1.42 bits per heavy atom. The molecule has 1 aliphatic heterocycles. The highest BCUT2D eigenvalue weighted by Crippen LogP contribution is 2.19. The molecule has 0 spiro atoms. The van der Waals surface area contributed by atoms with Gasteiger partial charge in [0.1, 0.15) is 0 Å². The lowest BCUT2D eigenvalue weighted by atomic mass is 10.2. The smallest absolute Gasteiger partial charge is 0.309 e. The zero-order valence-corrected chi connectivity index (χ0v) is 15.9. The van der Waals surface area contributed by atoms with Crippen LogP contribution in [0, 0.1) is 5.92 Å². The number of nitrogens with zero attached hydrogens (tertiary/aromatic N) is 3. The highest BCUT2D eigenvalue weighted by molar-refractivity contribution is 8.13. The third kappa shape index (κ3) is 5.40. The summed E-state index contributed by atoms with van der Waals surface area (Å²) < 4.78 is 4.82. The van der Waals surface area contributed by atoms with E-state index in [0.29, 0.717) is 13.2 Å². The highest BCUT2D eigenvalue weighted by Gasteiger charge is 2.24. The molecule has 0 saturated heterocycles. The number of carbonyl (C=O) groups is 1. The third-order valence-corrected chi connectivity index (χ3v) is 4.93. The predicted molar refractivity (Wildman–Crippen MR) is 100 cm³/mol. The van der Waals surface area contributed by atoms with Gasteiger partial charge in [-0.05, 0) is 23.4 Å². The average molecular weight is 370 g/mol. The molecule has 1 atom stereocenters. The lowest BCUT2D eigenvalue weighted by molar-refractivity contribution is -0.145. The molecule has 0 aromatic heterocycles. The Hall–Kier alpha value is -1.24. The molecular formula is C17H24ClN3O2S. The third-order valence-electron chi connectivity index (χ3n) is 3.74. The van der Waals surface area contributed by atoms with Gasteiger partial charge in [-0.1, -0.05) is 49.3 Å². The topological polar surface area (TPSA) is 45.1 Å². The van der Waals surface area contributed by atoms with Crippen LogP contribution in [0.25, 0.3) is 0 Å². The van der Waals surface area contributed by atoms with Crippen LogP contribution in [0.2, 0.25) is 5.02 Å². The van der Waals surface area contributed by atoms with E-state index in [0.717, 1.165) is 29.2 Å². The van der Waals surface area contributed by atoms with E-state index in [9.17, 15) is 4.79 Å². The fourth-order valence-electron chi connectivity index (χ4n) is 2.58. The van der Waals surface area contributed by atoms with Gasteiger partial charge in [-0.25, -0.2) is 4.99 Å². The SMILES string of the molecule is CCSC1=NCN(C[C@H](C)C(=O)OC)CN1Cc1ccc(Cl)cc1. The minimum atomic E-state index is -0.183. The van der Waals surface area contributed by atoms with E-state index in [4.69, 9.17) is 16.3 Å². The minimum absolute atomic E-state index is 0.164. The molecule has 24 heavy (non-hydrogen) atoms. The maximum atomic E-state index is 11.6. The summed E-state index contributed by atoms with van der Waals surface area (Å²) >= 11 is 7.71. The maximum absolute atomic E-state index is 11.6. The molecule has 0 amide bonds. The maximum Gasteiger partial charge on any atom is 0.309 e. The van der Waals surface area contributed by atoms with Gasteiger partial charge < -0.3 is 9.64 Å². The van der Waals surface area contributed by atoms with Crippen molar-refractivity contribution in [1.82, 2.24) is 9.80 Å². The summed E-state index contributed by atoms with van der Waals surface area (Å²) in [6.45, 7) is 6.77. The molecule has 1 aromatic carbocycles. The first kappa shape index (κ1) is 19.1. The summed E-state index contributed by atoms with van der Waals surface area (Å²) in [5.41, 5.74) is 1.19. The van der Waals surface area contributed by atoms with E-state index in [2.05, 4.69) is 21.7 Å². The van der Waals surface area contributed by atoms with Crippen LogP contribution < -0.4 is 0 Å². The molecule has 2 rings (SSSR count). The Balaban J connectivity index is 2.05. The monoisotopic (exact) mass is 369 g/mol. The van der Waals surface area contributed by atoms with Crippen LogP contribution in [0.4, 0.5) is 0 Å². The van der Waals surface area contributed by atoms with E-state index in [1.54, 1.807) is 11.8 Å². The molecule has 5 nitrogen and oxygen atoms in total. The van der Waals surface area contributed by atoms with Crippen molar-refractivity contribution in [2.24, 2.45) is 10.9 Å². The van der Waals surface area contributed by atoms with Crippen LogP contribution in [0.3, 0.4) is 0 Å². The lowest BCUT2D eigenvalue weighted by Gasteiger charge is -2.36. The molecule has 7 heteroatoms. The van der Waals surface area contributed by atoms with Gasteiger partial charge in [0.15, 0.2) is 5.17 Å². The first-order chi connectivity index (χ1) is 11.5. The number of thioether (sulfide) groups is 1. The second kappa shape index (κ2) is 9.30. The number of carbonyl (C=O) groups excluding carboxylic acids is 1. The summed E-state index contributed by atoms with van der Waals surface area (Å²) in [5, 5.41) is 1.79. The summed E-state index contributed by atoms with van der Waals surface area (Å²) in [5.74, 6) is 0.633. The van der Waals surface area contributed by atoms with Crippen molar-refractivity contribution in [3.63, 3.8) is 0 Å². The van der Waals surface area contributed by atoms with Gasteiger partial charge in [0.05, 0.1) is 26.4 Å². The fourth-order valence-corrected chi connectivity index (χ4v) is 3.42. The Labute approximate surface area is 153 Å². The molecule has 0 radical (unpaired) electrons. The Morgan fingerprint density at radius 3 is 2.75 bits per heavy atom. The number of aliphatic imine (C=N–C) groups is 1. The van der Waals surface area contributed by atoms with Gasteiger partial charge in [0, 0.05) is 18.1 Å². The van der Waals surface area contributed by atoms with Crippen LogP contribution >= 0.6 is 23.4 Å². The van der Waals surface area contributed by atoms with E-state index in [-0.39, 0.29) is 11.9 Å². The van der Waals surface area contributed by atoms with Crippen LogP contribution in [0.15, 0.2) is 29.3 Å². The Bertz CT molecular complexity index is 580. The number of hydrogen-bond acceptors (Lipinski definition) is 6. The van der Waals surface area contributed by atoms with Crippen LogP contribution in [-0.2, 0) is 16.1 Å². The molecule has 0 N–H and O–H groups in total. The lowest BCUT2D eigenvalue weighted by Crippen LogP contribution is -2.46. The number of benzene rings is 1. The van der Waals surface area contributed by atoms with Crippen LogP contribution in [0.1, 0.15) is 19.4 Å². The Morgan fingerprint density at radius 2 is 2.12 bits per heavy atom. The van der Waals surface area contributed by atoms with Gasteiger partial charge in [0.2, 0.25) is 0 Å². The number of hydrogen-bond donors (Lipinski definition) is 0. The zero-order valence-electron chi connectivity index (χ0n) is 14.4. The molecule has 0 bridgehead atoms. The van der Waals surface area contributed by atoms with Gasteiger partial charge in [-0.3, -0.25) is 9.69 Å². The highest BCUT2D eigenvalue weighted by atomic mass is 35.5. The summed E-state index contributed by atoms with van der Waals surface area (Å²) in [7, 11) is 1.43. The second-order valence-corrected chi connectivity index (χ2v) is 7.43. The number of halogens is 1. The number of rotatable bonds is 6. The van der Waals surface area contributed by atoms with Gasteiger partial charge in [-0.2, -0.15) is 0 Å². The van der Waals surface area contributed by atoms with Crippen molar-refractivity contribution in [2.45, 2.75) is 20.4 Å². The first-order valence-electron chi connectivity index (χ1n) is 8.00. The fraction of sp³-hybridized carbons (Fsp3) is 0.529. The minimum Gasteiger partial charge on any atom is -0.469 e. The predicted octanol–water partition coefficient (Wildman–Crippen LogP) is 3.29. The number of ether oxygens (including phenoxy) is 1. The molecule has 1 aliphatic rings. The van der Waals surface area contributed by atoms with Crippen LogP contribution in [-0.4, -0.2) is 53.7 Å². The van der Waals surface area contributed by atoms with E-state index < -0.39 is 0 Å². The Kier molecular flexibility index (Phi) is 7.40. The second-order valence-electron chi connectivity index (χ2n) is 5.76. The average Bonchev–Trinajstić information content (AvgIpc) is 2.58. The summed E-state index contributed by atoms with van der Waals surface area (Å²) in [6.07, 6.45) is 0. The number of esters is 1. The van der Waals surface area contributed by atoms with E-state index in [1.807, 2.05) is 31.2 Å². The van der Waals surface area contributed by atoms with Crippen molar-refractivity contribution in [3.8, 4) is 0 Å². The van der Waals surface area contributed by atoms with Crippen LogP contribution in [0.5, 0.6) is 0 Å². The largest absolute Gasteiger partial charge is 0.469 e. The molecular weight excluding hydrogens is 346 g/mol. The van der Waals surface area contributed by atoms with Crippen molar-refractivity contribution >= 4 is 34.5 Å². The van der Waals surface area contributed by atoms with Gasteiger partial charge >= 0.3 is 5.97 Å². The summed E-state index contributed by atoms with van der Waals surface area (Å²) in [6, 6.07) is 7.88. The number of methoxy groups -OCH3 is 1. The van der Waals surface area contributed by atoms with Crippen molar-refractivity contribution < 1.29 is 9.53 Å².